The van der Waals surface area contributed by atoms with Crippen molar-refractivity contribution in [2.75, 3.05) is 0 Å². The Bertz CT molecular complexity index is 677. The van der Waals surface area contributed by atoms with E-state index in [-0.39, 0.29) is 23.4 Å². The molecule has 0 saturated carbocycles. The zero-order valence-corrected chi connectivity index (χ0v) is 12.0. The van der Waals surface area contributed by atoms with Crippen LogP contribution in [0.2, 0.25) is 0 Å². The Morgan fingerprint density at radius 3 is 2.32 bits per heavy atom. The standard InChI is InChI=1S/C15H15N3O4/c1-9-6-7-15(13(19)16-17-14(15)20)12(8-9)10-2-4-11(5-3-10)18(21)22/h2-6,12H,7-8H2,1H3,(H,16,19)(H,17,20)/t12-/m0/s1. The number of nitrogens with zero attached hydrogens (tertiary/aromatic N) is 1. The number of allylic oxidation sites excluding steroid dienone is 2. The average Bonchev–Trinajstić information content (AvgIpc) is 2.78. The van der Waals surface area contributed by atoms with E-state index in [9.17, 15) is 19.7 Å². The Balaban J connectivity index is 2.05. The number of hydrogen-bond acceptors (Lipinski definition) is 4. The van der Waals surface area contributed by atoms with Gasteiger partial charge >= 0.3 is 0 Å². The van der Waals surface area contributed by atoms with Crippen molar-refractivity contribution in [3.63, 3.8) is 0 Å². The number of carbonyl (C=O) groups is 2. The highest BCUT2D eigenvalue weighted by molar-refractivity contribution is 6.11. The Morgan fingerprint density at radius 1 is 1.18 bits per heavy atom. The van der Waals surface area contributed by atoms with Crippen LogP contribution in [0.4, 0.5) is 5.69 Å². The van der Waals surface area contributed by atoms with Gasteiger partial charge in [-0.15, -0.1) is 0 Å². The minimum Gasteiger partial charge on any atom is -0.272 e. The topological polar surface area (TPSA) is 101 Å². The van der Waals surface area contributed by atoms with Gasteiger partial charge in [0.05, 0.1) is 4.92 Å². The van der Waals surface area contributed by atoms with Crippen molar-refractivity contribution < 1.29 is 14.5 Å². The summed E-state index contributed by atoms with van der Waals surface area (Å²) in [4.78, 5) is 34.9. The number of benzene rings is 1. The van der Waals surface area contributed by atoms with E-state index in [2.05, 4.69) is 10.9 Å². The molecule has 2 amide bonds. The summed E-state index contributed by atoms with van der Waals surface area (Å²) in [6, 6.07) is 6.06. The van der Waals surface area contributed by atoms with E-state index in [4.69, 9.17) is 0 Å². The third kappa shape index (κ3) is 1.97. The Hall–Kier alpha value is -2.70. The summed E-state index contributed by atoms with van der Waals surface area (Å²) in [5.74, 6) is -1.02. The SMILES string of the molecule is CC1=CCC2(C(=O)NNC2=O)[C@H](c2ccc([N+](=O)[O-])cc2)C1. The van der Waals surface area contributed by atoms with Crippen molar-refractivity contribution in [2.45, 2.75) is 25.7 Å². The van der Waals surface area contributed by atoms with Gasteiger partial charge < -0.3 is 0 Å². The van der Waals surface area contributed by atoms with E-state index in [0.29, 0.717) is 12.8 Å². The van der Waals surface area contributed by atoms with Gasteiger partial charge in [-0.3, -0.25) is 30.6 Å². The number of nitro groups is 1. The van der Waals surface area contributed by atoms with E-state index >= 15 is 0 Å². The highest BCUT2D eigenvalue weighted by Gasteiger charge is 2.56. The number of hydrazine groups is 1. The zero-order valence-electron chi connectivity index (χ0n) is 12.0. The van der Waals surface area contributed by atoms with Crippen LogP contribution >= 0.6 is 0 Å². The predicted octanol–water partition coefficient (Wildman–Crippen LogP) is 1.57. The molecular weight excluding hydrogens is 286 g/mol. The molecule has 1 aromatic carbocycles. The molecule has 1 aliphatic heterocycles. The van der Waals surface area contributed by atoms with Crippen LogP contribution in [-0.2, 0) is 9.59 Å². The van der Waals surface area contributed by atoms with Crippen LogP contribution in [0.3, 0.4) is 0 Å². The first-order chi connectivity index (χ1) is 10.4. The molecule has 1 heterocycles. The van der Waals surface area contributed by atoms with Crippen molar-refractivity contribution in [1.29, 1.82) is 0 Å². The maximum atomic E-state index is 12.3. The van der Waals surface area contributed by atoms with E-state index in [1.165, 1.54) is 12.1 Å². The second-order valence-electron chi connectivity index (χ2n) is 5.74. The van der Waals surface area contributed by atoms with Crippen LogP contribution in [0.5, 0.6) is 0 Å². The van der Waals surface area contributed by atoms with Crippen LogP contribution in [0.1, 0.15) is 31.2 Å². The zero-order chi connectivity index (χ0) is 15.9. The molecule has 1 atom stereocenters. The van der Waals surface area contributed by atoms with Crippen molar-refractivity contribution in [3.8, 4) is 0 Å². The molecule has 3 rings (SSSR count). The molecule has 1 saturated heterocycles. The van der Waals surface area contributed by atoms with E-state index in [0.717, 1.165) is 11.1 Å². The third-order valence-electron chi connectivity index (χ3n) is 4.50. The van der Waals surface area contributed by atoms with Gasteiger partial charge in [0.25, 0.3) is 17.5 Å². The van der Waals surface area contributed by atoms with Crippen LogP contribution < -0.4 is 10.9 Å². The van der Waals surface area contributed by atoms with Crippen molar-refractivity contribution in [3.05, 3.63) is 51.6 Å². The fourth-order valence-electron chi connectivity index (χ4n) is 3.23. The van der Waals surface area contributed by atoms with Gasteiger partial charge in [0.1, 0.15) is 5.41 Å². The summed E-state index contributed by atoms with van der Waals surface area (Å²) in [5.41, 5.74) is 5.47. The minimum absolute atomic E-state index is 0.0128. The number of amides is 2. The molecule has 1 spiro atoms. The number of carbonyl (C=O) groups excluding carboxylic acids is 2. The van der Waals surface area contributed by atoms with Gasteiger partial charge in [0.2, 0.25) is 0 Å². The van der Waals surface area contributed by atoms with Crippen LogP contribution in [0.15, 0.2) is 35.9 Å². The summed E-state index contributed by atoms with van der Waals surface area (Å²) < 4.78 is 0. The summed E-state index contributed by atoms with van der Waals surface area (Å²) in [6.45, 7) is 1.95. The molecule has 2 N–H and O–H groups in total. The minimum atomic E-state index is -1.17. The number of hydrogen-bond donors (Lipinski definition) is 2. The molecule has 2 aliphatic rings. The summed E-state index contributed by atoms with van der Waals surface area (Å²) in [7, 11) is 0. The molecule has 0 unspecified atom stereocenters. The highest BCUT2D eigenvalue weighted by Crippen LogP contribution is 2.48. The lowest BCUT2D eigenvalue weighted by atomic mass is 9.64. The molecule has 22 heavy (non-hydrogen) atoms. The lowest BCUT2D eigenvalue weighted by Gasteiger charge is -2.35. The molecular formula is C15H15N3O4. The summed E-state index contributed by atoms with van der Waals surface area (Å²) in [6.07, 6.45) is 2.81. The van der Waals surface area contributed by atoms with Gasteiger partial charge in [0, 0.05) is 18.1 Å². The number of rotatable bonds is 2. The Kier molecular flexibility index (Phi) is 3.20. The largest absolute Gasteiger partial charge is 0.272 e. The molecule has 0 radical (unpaired) electrons. The van der Waals surface area contributed by atoms with Gasteiger partial charge in [0.15, 0.2) is 0 Å². The quantitative estimate of drug-likeness (QED) is 0.374. The molecule has 7 nitrogen and oxygen atoms in total. The molecule has 0 bridgehead atoms. The average molecular weight is 301 g/mol. The lowest BCUT2D eigenvalue weighted by Crippen LogP contribution is -2.43. The van der Waals surface area contributed by atoms with Gasteiger partial charge in [-0.05, 0) is 25.3 Å². The van der Waals surface area contributed by atoms with Crippen LogP contribution in [-0.4, -0.2) is 16.7 Å². The van der Waals surface area contributed by atoms with Crippen molar-refractivity contribution >= 4 is 17.5 Å². The fourth-order valence-corrected chi connectivity index (χ4v) is 3.23. The maximum absolute atomic E-state index is 12.3. The van der Waals surface area contributed by atoms with Crippen molar-refractivity contribution in [1.82, 2.24) is 10.9 Å². The molecule has 1 fully saturated rings. The predicted molar refractivity (Wildman–Crippen MR) is 77.5 cm³/mol. The van der Waals surface area contributed by atoms with E-state index in [1.807, 2.05) is 13.0 Å². The second-order valence-corrected chi connectivity index (χ2v) is 5.74. The first kappa shape index (κ1) is 14.2. The van der Waals surface area contributed by atoms with Gasteiger partial charge in [-0.1, -0.05) is 23.8 Å². The second kappa shape index (κ2) is 4.94. The maximum Gasteiger partial charge on any atom is 0.269 e. The van der Waals surface area contributed by atoms with Gasteiger partial charge in [-0.25, -0.2) is 0 Å². The number of non-ortho nitro benzene ring substituents is 1. The molecule has 0 aromatic heterocycles. The van der Waals surface area contributed by atoms with E-state index in [1.54, 1.807) is 12.1 Å². The van der Waals surface area contributed by atoms with Crippen molar-refractivity contribution in [2.24, 2.45) is 5.41 Å². The molecule has 114 valence electrons. The normalized spacial score (nSPS) is 23.0. The molecule has 7 heteroatoms. The van der Waals surface area contributed by atoms with Gasteiger partial charge in [-0.2, -0.15) is 0 Å². The monoisotopic (exact) mass is 301 g/mol. The smallest absolute Gasteiger partial charge is 0.269 e. The highest BCUT2D eigenvalue weighted by atomic mass is 16.6. The number of nitrogens with one attached hydrogen (secondary N) is 2. The van der Waals surface area contributed by atoms with E-state index < -0.39 is 10.3 Å². The first-order valence-electron chi connectivity index (χ1n) is 6.96. The number of nitro benzene ring substituents is 1. The third-order valence-corrected chi connectivity index (χ3v) is 4.50. The lowest BCUT2D eigenvalue weighted by molar-refractivity contribution is -0.384. The Morgan fingerprint density at radius 2 is 1.77 bits per heavy atom. The van der Waals surface area contributed by atoms with Crippen LogP contribution in [0, 0.1) is 15.5 Å². The summed E-state index contributed by atoms with van der Waals surface area (Å²) >= 11 is 0. The molecule has 1 aliphatic carbocycles. The van der Waals surface area contributed by atoms with Crippen LogP contribution in [0.25, 0.3) is 0 Å². The fraction of sp³-hybridized carbons (Fsp3) is 0.333. The molecule has 1 aromatic rings. The summed E-state index contributed by atoms with van der Waals surface area (Å²) in [5, 5.41) is 10.8. The first-order valence-corrected chi connectivity index (χ1v) is 6.96. The Labute approximate surface area is 126 Å².